The van der Waals surface area contributed by atoms with E-state index in [0.717, 1.165) is 24.4 Å². The lowest BCUT2D eigenvalue weighted by molar-refractivity contribution is 0.113. The largest absolute Gasteiger partial charge is 0.453 e. The zero-order valence-corrected chi connectivity index (χ0v) is 11.9. The predicted octanol–water partition coefficient (Wildman–Crippen LogP) is 2.31. The molecule has 1 aromatic rings. The molecular weight excluding hydrogens is 288 g/mol. The van der Waals surface area contributed by atoms with E-state index < -0.39 is 0 Å². The van der Waals surface area contributed by atoms with Gasteiger partial charge in [0.1, 0.15) is 16.6 Å². The first kappa shape index (κ1) is 13.9. The summed E-state index contributed by atoms with van der Waals surface area (Å²) in [7, 11) is 1.37. The van der Waals surface area contributed by atoms with Gasteiger partial charge < -0.3 is 15.0 Å². The molecule has 1 unspecified atom stereocenters. The van der Waals surface area contributed by atoms with E-state index in [0.29, 0.717) is 23.7 Å². The highest BCUT2D eigenvalue weighted by molar-refractivity contribution is 7.10. The molecule has 0 bridgehead atoms. The molecule has 0 aromatic carbocycles. The fourth-order valence-electron chi connectivity index (χ4n) is 2.04. The van der Waals surface area contributed by atoms with Gasteiger partial charge in [-0.05, 0) is 24.4 Å². The Morgan fingerprint density at radius 2 is 2.53 bits per heavy atom. The van der Waals surface area contributed by atoms with Crippen LogP contribution in [-0.4, -0.2) is 41.6 Å². The Hall–Kier alpha value is -1.52. The monoisotopic (exact) mass is 300 g/mol. The molecule has 0 saturated carbocycles. The van der Waals surface area contributed by atoms with Crippen LogP contribution in [0.2, 0.25) is 5.15 Å². The summed E-state index contributed by atoms with van der Waals surface area (Å²) >= 11 is 6.98. The number of halogens is 1. The van der Waals surface area contributed by atoms with Crippen LogP contribution in [0.25, 0.3) is 0 Å². The van der Waals surface area contributed by atoms with Gasteiger partial charge in [-0.15, -0.1) is 0 Å². The molecule has 1 N–H and O–H groups in total. The third kappa shape index (κ3) is 3.08. The van der Waals surface area contributed by atoms with Crippen LogP contribution in [0.3, 0.4) is 0 Å². The van der Waals surface area contributed by atoms with Crippen molar-refractivity contribution >= 4 is 34.2 Å². The van der Waals surface area contributed by atoms with Crippen molar-refractivity contribution < 1.29 is 9.53 Å². The zero-order valence-electron chi connectivity index (χ0n) is 10.4. The maximum absolute atomic E-state index is 11.5. The van der Waals surface area contributed by atoms with Crippen molar-refractivity contribution in [2.75, 3.05) is 25.5 Å². The molecule has 0 radical (unpaired) electrons. The third-order valence-corrected chi connectivity index (χ3v) is 4.10. The molecule has 2 rings (SSSR count). The van der Waals surface area contributed by atoms with Crippen LogP contribution in [-0.2, 0) is 4.74 Å². The van der Waals surface area contributed by atoms with E-state index in [1.54, 1.807) is 4.90 Å². The number of piperidine rings is 1. The molecule has 1 atom stereocenters. The summed E-state index contributed by atoms with van der Waals surface area (Å²) in [6, 6.07) is 2.11. The Morgan fingerprint density at radius 1 is 1.74 bits per heavy atom. The van der Waals surface area contributed by atoms with Gasteiger partial charge >= 0.3 is 6.09 Å². The number of nitriles is 1. The second-order valence-electron chi connectivity index (χ2n) is 4.19. The van der Waals surface area contributed by atoms with E-state index in [-0.39, 0.29) is 17.3 Å². The number of likely N-dealkylation sites (tertiary alicyclic amines) is 1. The number of anilines is 1. The standard InChI is InChI=1S/C11H13ClN4O2S/c1-18-11(17)16-4-2-3-7(6-16)14-10-8(5-13)9(12)15-19-10/h7,14H,2-4,6H2,1H3. The molecule has 0 spiro atoms. The van der Waals surface area contributed by atoms with Gasteiger partial charge in [0.05, 0.1) is 7.11 Å². The van der Waals surface area contributed by atoms with Crippen molar-refractivity contribution in [3.05, 3.63) is 10.7 Å². The number of hydrogen-bond donors (Lipinski definition) is 1. The third-order valence-electron chi connectivity index (χ3n) is 2.95. The van der Waals surface area contributed by atoms with E-state index in [4.69, 9.17) is 21.6 Å². The van der Waals surface area contributed by atoms with Gasteiger partial charge in [-0.25, -0.2) is 4.79 Å². The highest BCUT2D eigenvalue weighted by Crippen LogP contribution is 2.29. The normalized spacial score (nSPS) is 18.8. The SMILES string of the molecule is COC(=O)N1CCCC(Nc2snc(Cl)c2C#N)C1. The van der Waals surface area contributed by atoms with Gasteiger partial charge in [-0.1, -0.05) is 11.6 Å². The number of hydrogen-bond acceptors (Lipinski definition) is 6. The van der Waals surface area contributed by atoms with E-state index in [1.807, 2.05) is 6.07 Å². The number of amides is 1. The van der Waals surface area contributed by atoms with E-state index in [1.165, 1.54) is 7.11 Å². The number of rotatable bonds is 2. The number of methoxy groups -OCH3 is 1. The smallest absolute Gasteiger partial charge is 0.409 e. The van der Waals surface area contributed by atoms with Gasteiger partial charge in [0, 0.05) is 19.1 Å². The number of aromatic nitrogens is 1. The lowest BCUT2D eigenvalue weighted by atomic mass is 10.1. The number of nitrogens with zero attached hydrogens (tertiary/aromatic N) is 3. The quantitative estimate of drug-likeness (QED) is 0.907. The zero-order chi connectivity index (χ0) is 13.8. The maximum atomic E-state index is 11.5. The highest BCUT2D eigenvalue weighted by atomic mass is 35.5. The first-order chi connectivity index (χ1) is 9.15. The van der Waals surface area contributed by atoms with Crippen LogP contribution in [0.5, 0.6) is 0 Å². The van der Waals surface area contributed by atoms with Crippen molar-refractivity contribution in [2.45, 2.75) is 18.9 Å². The summed E-state index contributed by atoms with van der Waals surface area (Å²) < 4.78 is 8.65. The van der Waals surface area contributed by atoms with Crippen molar-refractivity contribution in [3.8, 4) is 6.07 Å². The number of carbonyl (C=O) groups is 1. The first-order valence-corrected chi connectivity index (χ1v) is 6.95. The highest BCUT2D eigenvalue weighted by Gasteiger charge is 2.25. The minimum atomic E-state index is -0.325. The Bertz CT molecular complexity index is 513. The van der Waals surface area contributed by atoms with Gasteiger partial charge in [0.25, 0.3) is 0 Å². The number of nitrogens with one attached hydrogen (secondary N) is 1. The second kappa shape index (κ2) is 6.08. The molecular formula is C11H13ClN4O2S. The average Bonchev–Trinajstić information content (AvgIpc) is 2.78. The van der Waals surface area contributed by atoms with Crippen LogP contribution in [0, 0.1) is 11.3 Å². The Kier molecular flexibility index (Phi) is 4.45. The molecule has 0 aliphatic carbocycles. The van der Waals surface area contributed by atoms with Crippen molar-refractivity contribution in [2.24, 2.45) is 0 Å². The molecule has 1 aliphatic heterocycles. The topological polar surface area (TPSA) is 78.2 Å². The fourth-order valence-corrected chi connectivity index (χ4v) is 3.05. The van der Waals surface area contributed by atoms with Crippen LogP contribution >= 0.6 is 23.1 Å². The maximum Gasteiger partial charge on any atom is 0.409 e. The summed E-state index contributed by atoms with van der Waals surface area (Å²) in [5.74, 6) is 0. The van der Waals surface area contributed by atoms with Crippen LogP contribution < -0.4 is 5.32 Å². The Labute approximate surface area is 120 Å². The molecule has 1 saturated heterocycles. The lowest BCUT2D eigenvalue weighted by Gasteiger charge is -2.32. The molecule has 19 heavy (non-hydrogen) atoms. The molecule has 1 fully saturated rings. The van der Waals surface area contributed by atoms with E-state index in [9.17, 15) is 4.79 Å². The summed E-state index contributed by atoms with van der Waals surface area (Å²) in [6.45, 7) is 1.24. The summed E-state index contributed by atoms with van der Waals surface area (Å²) in [5.41, 5.74) is 0.363. The first-order valence-electron chi connectivity index (χ1n) is 5.80. The number of ether oxygens (including phenoxy) is 1. The van der Waals surface area contributed by atoms with Gasteiger partial charge in [0.15, 0.2) is 5.15 Å². The van der Waals surface area contributed by atoms with E-state index >= 15 is 0 Å². The van der Waals surface area contributed by atoms with Crippen molar-refractivity contribution in [1.82, 2.24) is 9.27 Å². The van der Waals surface area contributed by atoms with E-state index in [2.05, 4.69) is 9.69 Å². The van der Waals surface area contributed by atoms with Crippen LogP contribution in [0.1, 0.15) is 18.4 Å². The summed E-state index contributed by atoms with van der Waals surface area (Å²) in [4.78, 5) is 13.1. The van der Waals surface area contributed by atoms with Gasteiger partial charge in [-0.2, -0.15) is 9.64 Å². The molecule has 2 heterocycles. The molecule has 1 amide bonds. The molecule has 102 valence electrons. The van der Waals surface area contributed by atoms with Gasteiger partial charge in [-0.3, -0.25) is 0 Å². The average molecular weight is 301 g/mol. The molecule has 1 aromatic heterocycles. The second-order valence-corrected chi connectivity index (χ2v) is 5.32. The van der Waals surface area contributed by atoms with Crippen molar-refractivity contribution in [1.29, 1.82) is 5.26 Å². The fraction of sp³-hybridized carbons (Fsp3) is 0.545. The lowest BCUT2D eigenvalue weighted by Crippen LogP contribution is -2.45. The Balaban J connectivity index is 2.03. The minimum Gasteiger partial charge on any atom is -0.453 e. The van der Waals surface area contributed by atoms with Crippen molar-refractivity contribution in [3.63, 3.8) is 0 Å². The Morgan fingerprint density at radius 3 is 3.21 bits per heavy atom. The van der Waals surface area contributed by atoms with Crippen LogP contribution in [0.4, 0.5) is 9.80 Å². The van der Waals surface area contributed by atoms with Crippen LogP contribution in [0.15, 0.2) is 0 Å². The molecule has 1 aliphatic rings. The summed E-state index contributed by atoms with van der Waals surface area (Å²) in [6.07, 6.45) is 1.49. The minimum absolute atomic E-state index is 0.0801. The molecule has 6 nitrogen and oxygen atoms in total. The van der Waals surface area contributed by atoms with Gasteiger partial charge in [0.2, 0.25) is 0 Å². The summed E-state index contributed by atoms with van der Waals surface area (Å²) in [5, 5.41) is 13.1. The number of carbonyl (C=O) groups excluding carboxylic acids is 1. The molecule has 8 heteroatoms. The predicted molar refractivity (Wildman–Crippen MR) is 72.5 cm³/mol.